The molecule has 9 nitrogen and oxygen atoms in total. The molecular formula is C21H32IN5O4Si. The van der Waals surface area contributed by atoms with Gasteiger partial charge in [0.15, 0.2) is 5.65 Å². The standard InChI is InChI=1S/C21H32IN5O4Si/c1-24(21(29)30)17-13-6-7-15(17)27(10-13)20-23-18-16(19(28)25(20)2)14(22)11-26(18)12-31-8-9-32(3,4)5/h11,13,15,17H,6-10,12H2,1-5H3,(H,29,30)/t13-,15-,17-/m0/s1. The summed E-state index contributed by atoms with van der Waals surface area (Å²) in [5.74, 6) is 0.863. The summed E-state index contributed by atoms with van der Waals surface area (Å²) in [6, 6.07) is 1.04. The van der Waals surface area contributed by atoms with Crippen LogP contribution in [0.15, 0.2) is 11.0 Å². The molecule has 32 heavy (non-hydrogen) atoms. The van der Waals surface area contributed by atoms with Crippen LogP contribution in [0.3, 0.4) is 0 Å². The number of aromatic nitrogens is 3. The van der Waals surface area contributed by atoms with Gasteiger partial charge in [-0.3, -0.25) is 9.36 Å². The first-order chi connectivity index (χ1) is 15.0. The first-order valence-electron chi connectivity index (χ1n) is 11.0. The number of amides is 1. The molecule has 2 aliphatic rings. The molecule has 2 fully saturated rings. The lowest BCUT2D eigenvalue weighted by Crippen LogP contribution is -2.45. The summed E-state index contributed by atoms with van der Waals surface area (Å²) >= 11 is 2.18. The second-order valence-electron chi connectivity index (χ2n) is 10.2. The van der Waals surface area contributed by atoms with Gasteiger partial charge in [0.25, 0.3) is 5.56 Å². The normalized spacial score (nSPS) is 22.8. The number of anilines is 1. The monoisotopic (exact) mass is 573 g/mol. The van der Waals surface area contributed by atoms with Crippen molar-refractivity contribution >= 4 is 53.7 Å². The van der Waals surface area contributed by atoms with E-state index in [1.807, 2.05) is 10.8 Å². The van der Waals surface area contributed by atoms with E-state index in [0.717, 1.165) is 22.5 Å². The Morgan fingerprint density at radius 1 is 1.38 bits per heavy atom. The minimum absolute atomic E-state index is 0.0344. The molecule has 1 amide bonds. The van der Waals surface area contributed by atoms with E-state index in [1.165, 1.54) is 4.90 Å². The Kier molecular flexibility index (Phi) is 6.35. The summed E-state index contributed by atoms with van der Waals surface area (Å²) in [5, 5.41) is 10.1. The first-order valence-corrected chi connectivity index (χ1v) is 15.8. The number of likely N-dealkylation sites (N-methyl/N-ethyl adjacent to an activating group) is 1. The summed E-state index contributed by atoms with van der Waals surface area (Å²) in [7, 11) is 2.22. The van der Waals surface area contributed by atoms with Gasteiger partial charge in [0, 0.05) is 45.1 Å². The number of piperidine rings is 1. The van der Waals surface area contributed by atoms with Crippen molar-refractivity contribution in [3.05, 3.63) is 20.1 Å². The maximum absolute atomic E-state index is 13.3. The Bertz CT molecular complexity index is 1090. The first kappa shape index (κ1) is 23.6. The second kappa shape index (κ2) is 8.63. The molecule has 0 radical (unpaired) electrons. The predicted octanol–water partition coefficient (Wildman–Crippen LogP) is 3.23. The molecule has 1 aliphatic carbocycles. The van der Waals surface area contributed by atoms with Gasteiger partial charge in [-0.1, -0.05) is 19.6 Å². The molecule has 0 unspecified atom stereocenters. The Labute approximate surface area is 202 Å². The number of halogens is 1. The summed E-state index contributed by atoms with van der Waals surface area (Å²) in [5.41, 5.74) is 0.549. The van der Waals surface area contributed by atoms with Crippen molar-refractivity contribution in [2.24, 2.45) is 13.0 Å². The van der Waals surface area contributed by atoms with Crippen LogP contribution < -0.4 is 10.5 Å². The van der Waals surface area contributed by atoms with E-state index in [9.17, 15) is 14.7 Å². The van der Waals surface area contributed by atoms with Gasteiger partial charge in [-0.05, 0) is 47.4 Å². The topological polar surface area (TPSA) is 92.8 Å². The lowest BCUT2D eigenvalue weighted by Gasteiger charge is -2.31. The molecule has 1 saturated heterocycles. The van der Waals surface area contributed by atoms with Crippen LogP contribution in [0.4, 0.5) is 10.7 Å². The zero-order valence-electron chi connectivity index (χ0n) is 19.3. The number of carboxylic acid groups (broad SMARTS) is 1. The maximum Gasteiger partial charge on any atom is 0.407 e. The number of hydrogen-bond donors (Lipinski definition) is 1. The van der Waals surface area contributed by atoms with E-state index in [1.54, 1.807) is 18.7 Å². The molecule has 2 bridgehead atoms. The highest BCUT2D eigenvalue weighted by Crippen LogP contribution is 2.42. The van der Waals surface area contributed by atoms with Crippen molar-refractivity contribution in [1.82, 2.24) is 19.0 Å². The molecule has 3 heterocycles. The largest absolute Gasteiger partial charge is 0.465 e. The van der Waals surface area contributed by atoms with Gasteiger partial charge in [0.1, 0.15) is 6.73 Å². The smallest absolute Gasteiger partial charge is 0.407 e. The fourth-order valence-corrected chi connectivity index (χ4v) is 6.62. The number of ether oxygens (including phenoxy) is 1. The second-order valence-corrected chi connectivity index (χ2v) is 17.0. The number of rotatable bonds is 7. The Hall–Kier alpha value is -1.60. The Morgan fingerprint density at radius 2 is 2.09 bits per heavy atom. The fraction of sp³-hybridized carbons (Fsp3) is 0.667. The molecule has 0 spiro atoms. The van der Waals surface area contributed by atoms with Crippen molar-refractivity contribution in [3.63, 3.8) is 0 Å². The van der Waals surface area contributed by atoms with Gasteiger partial charge >= 0.3 is 6.09 Å². The maximum atomic E-state index is 13.3. The molecule has 3 atom stereocenters. The van der Waals surface area contributed by atoms with Crippen molar-refractivity contribution in [2.75, 3.05) is 25.1 Å². The Morgan fingerprint density at radius 3 is 2.75 bits per heavy atom. The lowest BCUT2D eigenvalue weighted by atomic mass is 10.1. The van der Waals surface area contributed by atoms with Gasteiger partial charge in [0.2, 0.25) is 5.95 Å². The van der Waals surface area contributed by atoms with E-state index < -0.39 is 14.2 Å². The third-order valence-electron chi connectivity index (χ3n) is 6.80. The van der Waals surface area contributed by atoms with E-state index in [2.05, 4.69) is 47.1 Å². The molecule has 4 rings (SSSR count). The van der Waals surface area contributed by atoms with Crippen LogP contribution in [0, 0.1) is 9.49 Å². The fourth-order valence-electron chi connectivity index (χ4n) is 5.06. The highest BCUT2D eigenvalue weighted by atomic mass is 127. The number of nitrogens with zero attached hydrogens (tertiary/aromatic N) is 5. The van der Waals surface area contributed by atoms with Crippen LogP contribution in [0.1, 0.15) is 12.8 Å². The predicted molar refractivity (Wildman–Crippen MR) is 135 cm³/mol. The quantitative estimate of drug-likeness (QED) is 0.311. The van der Waals surface area contributed by atoms with Crippen molar-refractivity contribution < 1.29 is 14.6 Å². The number of fused-ring (bicyclic) bond motifs is 3. The minimum atomic E-state index is -1.18. The van der Waals surface area contributed by atoms with Crippen LogP contribution in [0.2, 0.25) is 25.7 Å². The molecule has 11 heteroatoms. The van der Waals surface area contributed by atoms with Crippen LogP contribution in [0.5, 0.6) is 0 Å². The van der Waals surface area contributed by atoms with Gasteiger partial charge in [-0.25, -0.2) is 4.79 Å². The molecule has 0 aromatic carbocycles. The van der Waals surface area contributed by atoms with Crippen molar-refractivity contribution in [1.29, 1.82) is 0 Å². The summed E-state index contributed by atoms with van der Waals surface area (Å²) in [4.78, 5) is 33.4. The summed E-state index contributed by atoms with van der Waals surface area (Å²) in [6.45, 7) is 8.73. The molecule has 176 valence electrons. The number of hydrogen-bond acceptors (Lipinski definition) is 5. The molecule has 2 aromatic rings. The van der Waals surface area contributed by atoms with E-state index in [0.29, 0.717) is 36.9 Å². The highest BCUT2D eigenvalue weighted by Gasteiger charge is 2.51. The van der Waals surface area contributed by atoms with Gasteiger partial charge < -0.3 is 24.2 Å². The lowest BCUT2D eigenvalue weighted by molar-refractivity contribution is 0.0898. The third-order valence-corrected chi connectivity index (χ3v) is 9.32. The summed E-state index contributed by atoms with van der Waals surface area (Å²) < 4.78 is 10.3. The number of carbonyl (C=O) groups is 1. The van der Waals surface area contributed by atoms with Crippen LogP contribution in [-0.2, 0) is 18.5 Å². The zero-order valence-corrected chi connectivity index (χ0v) is 22.5. The van der Waals surface area contributed by atoms with Crippen LogP contribution in [0.25, 0.3) is 11.0 Å². The van der Waals surface area contributed by atoms with Crippen LogP contribution >= 0.6 is 22.6 Å². The van der Waals surface area contributed by atoms with Gasteiger partial charge in [0.05, 0.1) is 17.5 Å². The van der Waals surface area contributed by atoms with Gasteiger partial charge in [-0.2, -0.15) is 4.98 Å². The molecule has 1 saturated carbocycles. The molecule has 2 aromatic heterocycles. The Balaban J connectivity index is 1.66. The van der Waals surface area contributed by atoms with E-state index >= 15 is 0 Å². The summed E-state index contributed by atoms with van der Waals surface area (Å²) in [6.07, 6.45) is 2.91. The molecule has 1 aliphatic heterocycles. The SMILES string of the molecule is CN(C(=O)O)[C@H]1[C@H]2CC[C@@H]1N(c1nc3c(c(I)cn3COCC[Si](C)(C)C)c(=O)n1C)C2. The molecular weight excluding hydrogens is 541 g/mol. The zero-order chi connectivity index (χ0) is 23.4. The van der Waals surface area contributed by atoms with Gasteiger partial charge in [-0.15, -0.1) is 0 Å². The average Bonchev–Trinajstić information content (AvgIpc) is 3.37. The highest BCUT2D eigenvalue weighted by molar-refractivity contribution is 14.1. The average molecular weight is 574 g/mol. The van der Waals surface area contributed by atoms with Crippen molar-refractivity contribution in [2.45, 2.75) is 57.3 Å². The van der Waals surface area contributed by atoms with Crippen LogP contribution in [-0.4, -0.2) is 70.6 Å². The minimum Gasteiger partial charge on any atom is -0.465 e. The van der Waals surface area contributed by atoms with Crippen molar-refractivity contribution in [3.8, 4) is 0 Å². The third kappa shape index (κ3) is 4.18. The van der Waals surface area contributed by atoms with E-state index in [4.69, 9.17) is 9.72 Å². The van der Waals surface area contributed by atoms with E-state index in [-0.39, 0.29) is 23.6 Å². The molecule has 1 N–H and O–H groups in total.